The van der Waals surface area contributed by atoms with E-state index >= 15 is 0 Å². The topological polar surface area (TPSA) is 81.1 Å². The Bertz CT molecular complexity index is 295. The van der Waals surface area contributed by atoms with E-state index in [1.165, 1.54) is 0 Å². The van der Waals surface area contributed by atoms with Crippen LogP contribution in [0.25, 0.3) is 0 Å². The highest BCUT2D eigenvalue weighted by molar-refractivity contribution is 5.70. The highest BCUT2D eigenvalue weighted by Crippen LogP contribution is 2.05. The number of aliphatic carboxylic acids is 1. The molecule has 1 rings (SSSR count). The Kier molecular flexibility index (Phi) is 3.02. The first-order valence-corrected chi connectivity index (χ1v) is 4.03. The van der Waals surface area contributed by atoms with Gasteiger partial charge in [-0.15, -0.1) is 0 Å². The first-order valence-electron chi connectivity index (χ1n) is 4.03. The van der Waals surface area contributed by atoms with E-state index in [1.54, 1.807) is 17.1 Å². The lowest BCUT2D eigenvalue weighted by atomic mass is 10.0. The zero-order chi connectivity index (χ0) is 9.84. The number of imidazole rings is 1. The summed E-state index contributed by atoms with van der Waals surface area (Å²) >= 11 is 0. The Morgan fingerprint density at radius 3 is 2.92 bits per heavy atom. The summed E-state index contributed by atoms with van der Waals surface area (Å²) in [5, 5.41) is 8.73. The number of nitrogens with two attached hydrogens (primary N) is 1. The van der Waals surface area contributed by atoms with Gasteiger partial charge in [0.05, 0.1) is 17.9 Å². The Morgan fingerprint density at radius 1 is 1.85 bits per heavy atom. The largest absolute Gasteiger partial charge is 0.481 e. The maximum atomic E-state index is 10.6. The maximum absolute atomic E-state index is 10.6. The number of aryl methyl sites for hydroxylation is 1. The van der Waals surface area contributed by atoms with Gasteiger partial charge in [0, 0.05) is 26.2 Å². The van der Waals surface area contributed by atoms with Crippen molar-refractivity contribution in [2.45, 2.75) is 6.42 Å². The molecule has 0 aliphatic carbocycles. The number of carboxylic acids is 1. The van der Waals surface area contributed by atoms with Gasteiger partial charge in [0.1, 0.15) is 0 Å². The average molecular weight is 183 g/mol. The summed E-state index contributed by atoms with van der Waals surface area (Å²) in [7, 11) is 1.84. The Balaban J connectivity index is 2.61. The smallest absolute Gasteiger partial charge is 0.308 e. The molecule has 72 valence electrons. The van der Waals surface area contributed by atoms with Crippen molar-refractivity contribution in [2.24, 2.45) is 18.7 Å². The summed E-state index contributed by atoms with van der Waals surface area (Å²) in [6, 6.07) is 0. The number of nitrogens with zero attached hydrogens (tertiary/aromatic N) is 2. The summed E-state index contributed by atoms with van der Waals surface area (Å²) in [5.74, 6) is -1.40. The van der Waals surface area contributed by atoms with Gasteiger partial charge >= 0.3 is 5.97 Å². The molecule has 5 heteroatoms. The fraction of sp³-hybridized carbons (Fsp3) is 0.500. The van der Waals surface area contributed by atoms with Crippen molar-refractivity contribution in [3.8, 4) is 0 Å². The van der Waals surface area contributed by atoms with Crippen LogP contribution in [-0.4, -0.2) is 27.2 Å². The Morgan fingerprint density at radius 2 is 2.54 bits per heavy atom. The van der Waals surface area contributed by atoms with Crippen molar-refractivity contribution in [3.05, 3.63) is 18.2 Å². The molecule has 1 heterocycles. The molecule has 5 nitrogen and oxygen atoms in total. The standard InChI is InChI=1S/C8H13N3O2/c1-11-4-7(10-5-11)2-6(3-9)8(12)13/h4-6H,2-3,9H2,1H3,(H,12,13)/t6-/m1/s1. The summed E-state index contributed by atoms with van der Waals surface area (Å²) in [6.45, 7) is 0.145. The van der Waals surface area contributed by atoms with Crippen LogP contribution >= 0.6 is 0 Å². The molecular formula is C8H13N3O2. The van der Waals surface area contributed by atoms with E-state index in [2.05, 4.69) is 4.98 Å². The summed E-state index contributed by atoms with van der Waals surface area (Å²) in [6.07, 6.45) is 3.84. The van der Waals surface area contributed by atoms with Crippen LogP contribution < -0.4 is 5.73 Å². The van der Waals surface area contributed by atoms with Gasteiger partial charge in [0.25, 0.3) is 0 Å². The second-order valence-electron chi connectivity index (χ2n) is 3.01. The number of carbonyl (C=O) groups is 1. The minimum Gasteiger partial charge on any atom is -0.481 e. The predicted molar refractivity (Wildman–Crippen MR) is 47.1 cm³/mol. The fourth-order valence-electron chi connectivity index (χ4n) is 1.10. The molecule has 13 heavy (non-hydrogen) atoms. The second kappa shape index (κ2) is 4.04. The van der Waals surface area contributed by atoms with Crippen LogP contribution in [0.5, 0.6) is 0 Å². The molecule has 0 amide bonds. The van der Waals surface area contributed by atoms with E-state index in [9.17, 15) is 4.79 Å². The van der Waals surface area contributed by atoms with Crippen molar-refractivity contribution in [1.29, 1.82) is 0 Å². The van der Waals surface area contributed by atoms with Gasteiger partial charge in [-0.25, -0.2) is 4.98 Å². The second-order valence-corrected chi connectivity index (χ2v) is 3.01. The van der Waals surface area contributed by atoms with Crippen molar-refractivity contribution in [3.63, 3.8) is 0 Å². The summed E-state index contributed by atoms with van der Waals surface area (Å²) < 4.78 is 1.78. The Labute approximate surface area is 76.2 Å². The van der Waals surface area contributed by atoms with Crippen molar-refractivity contribution >= 4 is 5.97 Å². The molecule has 0 aliphatic rings. The van der Waals surface area contributed by atoms with Gasteiger partial charge in [-0.1, -0.05) is 0 Å². The quantitative estimate of drug-likeness (QED) is 0.666. The molecule has 0 unspecified atom stereocenters. The van der Waals surface area contributed by atoms with E-state index < -0.39 is 11.9 Å². The lowest BCUT2D eigenvalue weighted by Gasteiger charge is -2.06. The van der Waals surface area contributed by atoms with Crippen LogP contribution in [0.15, 0.2) is 12.5 Å². The van der Waals surface area contributed by atoms with Crippen LogP contribution in [-0.2, 0) is 18.3 Å². The third-order valence-corrected chi connectivity index (χ3v) is 1.85. The predicted octanol–water partition coefficient (Wildman–Crippen LogP) is -0.378. The third kappa shape index (κ3) is 2.55. The lowest BCUT2D eigenvalue weighted by molar-refractivity contribution is -0.141. The molecule has 0 spiro atoms. The summed E-state index contributed by atoms with van der Waals surface area (Å²) in [4.78, 5) is 14.7. The van der Waals surface area contributed by atoms with Crippen LogP contribution in [0.4, 0.5) is 0 Å². The molecule has 3 N–H and O–H groups in total. The van der Waals surface area contributed by atoms with Gasteiger partial charge in [0.15, 0.2) is 0 Å². The highest BCUT2D eigenvalue weighted by atomic mass is 16.4. The zero-order valence-corrected chi connectivity index (χ0v) is 7.47. The number of carboxylic acid groups (broad SMARTS) is 1. The molecule has 0 bridgehead atoms. The first-order chi connectivity index (χ1) is 6.13. The minimum absolute atomic E-state index is 0.145. The van der Waals surface area contributed by atoms with E-state index in [4.69, 9.17) is 10.8 Å². The molecular weight excluding hydrogens is 170 g/mol. The van der Waals surface area contributed by atoms with Gasteiger partial charge in [-0.2, -0.15) is 0 Å². The van der Waals surface area contributed by atoms with Crippen LogP contribution in [0.2, 0.25) is 0 Å². The molecule has 0 saturated heterocycles. The minimum atomic E-state index is -0.867. The number of aromatic nitrogens is 2. The van der Waals surface area contributed by atoms with Crippen molar-refractivity contribution in [1.82, 2.24) is 9.55 Å². The SMILES string of the molecule is Cn1cnc(C[C@H](CN)C(=O)O)c1. The zero-order valence-electron chi connectivity index (χ0n) is 7.47. The number of hydrogen-bond donors (Lipinski definition) is 2. The molecule has 0 fully saturated rings. The molecule has 0 radical (unpaired) electrons. The van der Waals surface area contributed by atoms with Gasteiger partial charge in [-0.05, 0) is 0 Å². The summed E-state index contributed by atoms with van der Waals surface area (Å²) in [5.41, 5.74) is 6.08. The molecule has 1 aromatic heterocycles. The molecule has 1 aromatic rings. The molecule has 0 aromatic carbocycles. The number of rotatable bonds is 4. The molecule has 0 saturated carbocycles. The van der Waals surface area contributed by atoms with Crippen molar-refractivity contribution in [2.75, 3.05) is 6.54 Å². The maximum Gasteiger partial charge on any atom is 0.308 e. The van der Waals surface area contributed by atoms with E-state index in [0.717, 1.165) is 5.69 Å². The number of hydrogen-bond acceptors (Lipinski definition) is 3. The van der Waals surface area contributed by atoms with Crippen LogP contribution in [0.1, 0.15) is 5.69 Å². The molecule has 1 atom stereocenters. The Hall–Kier alpha value is -1.36. The first kappa shape index (κ1) is 9.73. The average Bonchev–Trinajstić information content (AvgIpc) is 2.46. The third-order valence-electron chi connectivity index (χ3n) is 1.85. The molecule has 0 aliphatic heterocycles. The fourth-order valence-corrected chi connectivity index (χ4v) is 1.10. The normalized spacial score (nSPS) is 12.8. The van der Waals surface area contributed by atoms with E-state index in [-0.39, 0.29) is 6.54 Å². The monoisotopic (exact) mass is 183 g/mol. The van der Waals surface area contributed by atoms with E-state index in [0.29, 0.717) is 6.42 Å². The van der Waals surface area contributed by atoms with Crippen molar-refractivity contribution < 1.29 is 9.90 Å². The van der Waals surface area contributed by atoms with Gasteiger partial charge < -0.3 is 15.4 Å². The highest BCUT2D eigenvalue weighted by Gasteiger charge is 2.16. The van der Waals surface area contributed by atoms with Crippen LogP contribution in [0, 0.1) is 5.92 Å². The lowest BCUT2D eigenvalue weighted by Crippen LogP contribution is -2.25. The van der Waals surface area contributed by atoms with E-state index in [1.807, 2.05) is 7.05 Å². The van der Waals surface area contributed by atoms with Crippen LogP contribution in [0.3, 0.4) is 0 Å². The van der Waals surface area contributed by atoms with Gasteiger partial charge in [-0.3, -0.25) is 4.79 Å². The van der Waals surface area contributed by atoms with Gasteiger partial charge in [0.2, 0.25) is 0 Å².